The number of hydrogen-bond donors (Lipinski definition) is 10. The van der Waals surface area contributed by atoms with Gasteiger partial charge < -0.3 is 57.1 Å². The molecule has 0 aliphatic heterocycles. The summed E-state index contributed by atoms with van der Waals surface area (Å²) in [7, 11) is 0. The maximum Gasteiger partial charge on any atom is 0.408 e. The molecule has 61 heavy (non-hydrogen) atoms. The van der Waals surface area contributed by atoms with Crippen LogP contribution in [0, 0.1) is 0 Å². The summed E-state index contributed by atoms with van der Waals surface area (Å²) in [5.41, 5.74) is 1.65. The summed E-state index contributed by atoms with van der Waals surface area (Å²) in [5, 5.41) is 52.9. The molecule has 0 unspecified atom stereocenters. The Kier molecular flexibility index (Phi) is 19.8. The largest absolute Gasteiger partial charge is 0.508 e. The molecule has 3 aromatic carbocycles. The Morgan fingerprint density at radius 2 is 1.15 bits per heavy atom. The van der Waals surface area contributed by atoms with Crippen LogP contribution in [0.15, 0.2) is 78.9 Å². The topological polar surface area (TPSA) is 299 Å². The van der Waals surface area contributed by atoms with E-state index in [4.69, 9.17) is 4.74 Å². The van der Waals surface area contributed by atoms with Crippen LogP contribution in [0.25, 0.3) is 0 Å². The SMILES string of the molecule is CSCC[C@H](NC(=O)[C@H](Cc1ccc(O)cc1)NC(=O)CNC(=O)[C@H](Cc1ccc(O)cc1)NC(=O)[C@H](C)NC(=O)[C@H](CCC(=O)O)NC(=O)OCc1ccccc1)C(=O)O. The first kappa shape index (κ1) is 48.5. The highest BCUT2D eigenvalue weighted by molar-refractivity contribution is 7.98. The van der Waals surface area contributed by atoms with E-state index in [-0.39, 0.29) is 43.8 Å². The maximum absolute atomic E-state index is 13.6. The van der Waals surface area contributed by atoms with E-state index in [9.17, 15) is 58.8 Å². The van der Waals surface area contributed by atoms with Gasteiger partial charge in [0.15, 0.2) is 0 Å². The van der Waals surface area contributed by atoms with Crippen LogP contribution < -0.4 is 31.9 Å². The summed E-state index contributed by atoms with van der Waals surface area (Å²) in [4.78, 5) is 102. The first-order valence-electron chi connectivity index (χ1n) is 19.0. The number of thioether (sulfide) groups is 1. The van der Waals surface area contributed by atoms with Crippen molar-refractivity contribution < 1.29 is 63.5 Å². The molecule has 10 N–H and O–H groups in total. The zero-order chi connectivity index (χ0) is 44.9. The number of phenolic OH excluding ortho intramolecular Hbond substituents is 2. The Balaban J connectivity index is 1.71. The second-order valence-electron chi connectivity index (χ2n) is 13.7. The number of carbonyl (C=O) groups is 8. The molecule has 0 spiro atoms. The van der Waals surface area contributed by atoms with E-state index in [1.807, 2.05) is 0 Å². The molecule has 0 aliphatic carbocycles. The van der Waals surface area contributed by atoms with Gasteiger partial charge in [0.1, 0.15) is 48.3 Å². The minimum Gasteiger partial charge on any atom is -0.508 e. The van der Waals surface area contributed by atoms with Crippen LogP contribution in [0.4, 0.5) is 4.79 Å². The van der Waals surface area contributed by atoms with Crippen molar-refractivity contribution in [2.24, 2.45) is 0 Å². The lowest BCUT2D eigenvalue weighted by Crippen LogP contribution is -2.57. The smallest absolute Gasteiger partial charge is 0.408 e. The van der Waals surface area contributed by atoms with Crippen molar-refractivity contribution in [3.05, 3.63) is 95.6 Å². The Morgan fingerprint density at radius 1 is 0.607 bits per heavy atom. The standard InChI is InChI=1S/C41H50N6O13S/c1-24(43-38(55)30(16-17-35(51)52)47-41(59)60-23-27-6-4-3-5-7-27)36(53)46-32(20-25-8-12-28(48)13-9-25)37(54)42-22-34(50)44-33(21-26-10-14-29(49)15-11-26)39(56)45-31(40(57)58)18-19-61-2/h3-15,24,30-33,48-49H,16-23H2,1-2H3,(H,42,54)(H,43,55)(H,44,50)(H,45,56)(H,46,53)(H,47,59)(H,51,52)(H,57,58)/t24-,30-,31-,32-,33-/m0/s1. The number of amides is 6. The van der Waals surface area contributed by atoms with Crippen LogP contribution in [-0.2, 0) is 57.7 Å². The highest BCUT2D eigenvalue weighted by atomic mass is 32.2. The molecule has 0 saturated heterocycles. The summed E-state index contributed by atoms with van der Waals surface area (Å²) < 4.78 is 5.15. The summed E-state index contributed by atoms with van der Waals surface area (Å²) >= 11 is 1.38. The molecular weight excluding hydrogens is 817 g/mol. The van der Waals surface area contributed by atoms with Gasteiger partial charge in [-0.15, -0.1) is 0 Å². The zero-order valence-corrected chi connectivity index (χ0v) is 34.2. The minimum absolute atomic E-state index is 0.0427. The minimum atomic E-state index is -1.42. The molecule has 20 heteroatoms. The monoisotopic (exact) mass is 866 g/mol. The van der Waals surface area contributed by atoms with Crippen molar-refractivity contribution in [2.75, 3.05) is 18.6 Å². The fourth-order valence-corrected chi connectivity index (χ4v) is 6.05. The lowest BCUT2D eigenvalue weighted by atomic mass is 10.0. The van der Waals surface area contributed by atoms with Crippen LogP contribution in [0.5, 0.6) is 11.5 Å². The van der Waals surface area contributed by atoms with Crippen LogP contribution in [-0.4, -0.2) is 117 Å². The van der Waals surface area contributed by atoms with Crippen LogP contribution >= 0.6 is 11.8 Å². The number of carboxylic acid groups (broad SMARTS) is 2. The molecule has 0 aromatic heterocycles. The molecule has 0 aliphatic rings. The van der Waals surface area contributed by atoms with Gasteiger partial charge in [0, 0.05) is 19.3 Å². The number of nitrogens with one attached hydrogen (secondary N) is 6. The third-order valence-electron chi connectivity index (χ3n) is 8.91. The molecular formula is C41H50N6O13S. The third kappa shape index (κ3) is 17.9. The first-order valence-corrected chi connectivity index (χ1v) is 20.4. The Bertz CT molecular complexity index is 1970. The molecule has 5 atom stereocenters. The van der Waals surface area contributed by atoms with Crippen molar-refractivity contribution >= 4 is 59.3 Å². The Morgan fingerprint density at radius 3 is 1.69 bits per heavy atom. The predicted molar refractivity (Wildman–Crippen MR) is 221 cm³/mol. The number of benzene rings is 3. The third-order valence-corrected chi connectivity index (χ3v) is 9.55. The molecule has 328 valence electrons. The number of ether oxygens (including phenoxy) is 1. The van der Waals surface area contributed by atoms with E-state index < -0.39 is 90.7 Å². The van der Waals surface area contributed by atoms with E-state index in [1.54, 1.807) is 36.6 Å². The van der Waals surface area contributed by atoms with Crippen LogP contribution in [0.2, 0.25) is 0 Å². The number of rotatable bonds is 24. The molecule has 0 saturated carbocycles. The van der Waals surface area contributed by atoms with Crippen molar-refractivity contribution in [1.29, 1.82) is 0 Å². The molecule has 19 nitrogen and oxygen atoms in total. The lowest BCUT2D eigenvalue weighted by molar-refractivity contribution is -0.142. The fourth-order valence-electron chi connectivity index (χ4n) is 5.58. The summed E-state index contributed by atoms with van der Waals surface area (Å²) in [6.07, 6.45) is -0.244. The molecule has 3 rings (SSSR count). The second kappa shape index (κ2) is 24.9. The number of alkyl carbamates (subject to hydrolysis) is 1. The first-order chi connectivity index (χ1) is 29.0. The molecule has 0 radical (unpaired) electrons. The number of hydrogen-bond acceptors (Lipinski definition) is 12. The lowest BCUT2D eigenvalue weighted by Gasteiger charge is -2.24. The molecule has 6 amide bonds. The van der Waals surface area contributed by atoms with Gasteiger partial charge in [-0.2, -0.15) is 11.8 Å². The number of aromatic hydroxyl groups is 2. The highest BCUT2D eigenvalue weighted by Gasteiger charge is 2.30. The quantitative estimate of drug-likeness (QED) is 0.0600. The van der Waals surface area contributed by atoms with E-state index in [1.165, 1.54) is 67.2 Å². The number of aliphatic carboxylic acids is 2. The molecule has 0 heterocycles. The predicted octanol–water partition coefficient (Wildman–Crippen LogP) is 0.956. The van der Waals surface area contributed by atoms with Crippen LogP contribution in [0.1, 0.15) is 42.9 Å². The fraction of sp³-hybridized carbons (Fsp3) is 0.366. The van der Waals surface area contributed by atoms with Crippen molar-refractivity contribution in [2.45, 2.75) is 75.8 Å². The summed E-state index contributed by atoms with van der Waals surface area (Å²) in [6, 6.07) is 13.4. The van der Waals surface area contributed by atoms with Crippen molar-refractivity contribution in [3.8, 4) is 11.5 Å². The van der Waals surface area contributed by atoms with E-state index in [0.717, 1.165) is 0 Å². The summed E-state index contributed by atoms with van der Waals surface area (Å²) in [6.45, 7) is 0.457. The van der Waals surface area contributed by atoms with Gasteiger partial charge >= 0.3 is 18.0 Å². The van der Waals surface area contributed by atoms with Gasteiger partial charge in [-0.1, -0.05) is 54.6 Å². The van der Waals surface area contributed by atoms with Crippen molar-refractivity contribution in [1.82, 2.24) is 31.9 Å². The van der Waals surface area contributed by atoms with Crippen LogP contribution in [0.3, 0.4) is 0 Å². The normalized spacial score (nSPS) is 13.1. The average Bonchev–Trinajstić information content (AvgIpc) is 3.23. The average molecular weight is 867 g/mol. The zero-order valence-electron chi connectivity index (χ0n) is 33.4. The van der Waals surface area contributed by atoms with Gasteiger partial charge in [0.05, 0.1) is 6.54 Å². The maximum atomic E-state index is 13.6. The van der Waals surface area contributed by atoms with E-state index >= 15 is 0 Å². The van der Waals surface area contributed by atoms with Gasteiger partial charge in [-0.3, -0.25) is 28.8 Å². The van der Waals surface area contributed by atoms with E-state index in [2.05, 4.69) is 31.9 Å². The van der Waals surface area contributed by atoms with Gasteiger partial charge in [-0.05, 0) is 72.7 Å². The van der Waals surface area contributed by atoms with Gasteiger partial charge in [-0.25, -0.2) is 9.59 Å². The second-order valence-corrected chi connectivity index (χ2v) is 14.7. The van der Waals surface area contributed by atoms with Crippen molar-refractivity contribution in [3.63, 3.8) is 0 Å². The number of carboxylic acids is 2. The van der Waals surface area contributed by atoms with E-state index in [0.29, 0.717) is 22.4 Å². The number of phenols is 2. The Labute approximate surface area is 355 Å². The molecule has 0 bridgehead atoms. The van der Waals surface area contributed by atoms with Gasteiger partial charge in [0.2, 0.25) is 29.5 Å². The van der Waals surface area contributed by atoms with Gasteiger partial charge in [0.25, 0.3) is 0 Å². The molecule has 0 fully saturated rings. The highest BCUT2D eigenvalue weighted by Crippen LogP contribution is 2.14. The number of carbonyl (C=O) groups excluding carboxylic acids is 6. The molecule has 3 aromatic rings. The summed E-state index contributed by atoms with van der Waals surface area (Å²) in [5.74, 6) is -6.50. The Hall–Kier alpha value is -6.83.